The number of esters is 1. The number of rotatable bonds is 7. The minimum absolute atomic E-state index is 0.374. The highest BCUT2D eigenvalue weighted by Crippen LogP contribution is 2.16. The van der Waals surface area contributed by atoms with Crippen molar-refractivity contribution in [2.75, 3.05) is 13.2 Å². The van der Waals surface area contributed by atoms with Crippen LogP contribution in [-0.2, 0) is 9.47 Å². The molecule has 0 saturated heterocycles. The molecule has 0 radical (unpaired) electrons. The third-order valence-electron chi connectivity index (χ3n) is 2.32. The molecule has 1 atom stereocenters. The predicted molar refractivity (Wildman–Crippen MR) is 68.2 cm³/mol. The second kappa shape index (κ2) is 7.84. The Bertz CT molecular complexity index is 376. The highest BCUT2D eigenvalue weighted by atomic mass is 16.6. The molecule has 0 heterocycles. The molecule has 4 nitrogen and oxygen atoms in total. The summed E-state index contributed by atoms with van der Waals surface area (Å²) in [6, 6.07) is 6.68. The van der Waals surface area contributed by atoms with E-state index in [4.69, 9.17) is 9.47 Å². The minimum atomic E-state index is -0.996. The Hall–Kier alpha value is -1.39. The molecule has 0 aliphatic heterocycles. The van der Waals surface area contributed by atoms with Crippen LogP contribution in [0.15, 0.2) is 24.3 Å². The van der Waals surface area contributed by atoms with E-state index in [0.29, 0.717) is 24.3 Å². The second-order valence-corrected chi connectivity index (χ2v) is 3.98. The molecule has 18 heavy (non-hydrogen) atoms. The maximum absolute atomic E-state index is 11.6. The molecule has 1 unspecified atom stereocenters. The second-order valence-electron chi connectivity index (χ2n) is 3.98. The Balaban J connectivity index is 2.69. The fourth-order valence-corrected chi connectivity index (χ4v) is 1.42. The van der Waals surface area contributed by atoms with Crippen LogP contribution < -0.4 is 0 Å². The Morgan fingerprint density at radius 2 is 2.00 bits per heavy atom. The van der Waals surface area contributed by atoms with E-state index in [0.717, 1.165) is 12.8 Å². The third kappa shape index (κ3) is 4.47. The minimum Gasteiger partial charge on any atom is -0.462 e. The van der Waals surface area contributed by atoms with Gasteiger partial charge in [-0.2, -0.15) is 0 Å². The average molecular weight is 252 g/mol. The van der Waals surface area contributed by atoms with Gasteiger partial charge in [0.05, 0.1) is 12.2 Å². The number of carbonyl (C=O) groups is 1. The van der Waals surface area contributed by atoms with Crippen LogP contribution in [-0.4, -0.2) is 24.3 Å². The summed E-state index contributed by atoms with van der Waals surface area (Å²) in [5, 5.41) is 9.76. The summed E-state index contributed by atoms with van der Waals surface area (Å²) in [5.41, 5.74) is 0.995. The van der Waals surface area contributed by atoms with Gasteiger partial charge in [-0.15, -0.1) is 0 Å². The van der Waals surface area contributed by atoms with Gasteiger partial charge in [0.25, 0.3) is 0 Å². The first-order valence-corrected chi connectivity index (χ1v) is 6.25. The number of hydrogen-bond donors (Lipinski definition) is 1. The summed E-state index contributed by atoms with van der Waals surface area (Å²) in [4.78, 5) is 11.6. The molecule has 0 aliphatic carbocycles. The van der Waals surface area contributed by atoms with E-state index in [2.05, 4.69) is 0 Å². The van der Waals surface area contributed by atoms with Crippen molar-refractivity contribution in [2.45, 2.75) is 33.0 Å². The molecule has 100 valence electrons. The van der Waals surface area contributed by atoms with E-state index in [1.165, 1.54) is 0 Å². The Labute approximate surface area is 108 Å². The lowest BCUT2D eigenvalue weighted by Gasteiger charge is -2.12. The number of aliphatic hydroxyl groups is 1. The molecule has 0 amide bonds. The van der Waals surface area contributed by atoms with Gasteiger partial charge in [-0.05, 0) is 25.0 Å². The van der Waals surface area contributed by atoms with Gasteiger partial charge in [-0.1, -0.05) is 26.0 Å². The Kier molecular flexibility index (Phi) is 6.39. The van der Waals surface area contributed by atoms with Crippen LogP contribution in [0, 0.1) is 0 Å². The van der Waals surface area contributed by atoms with E-state index in [1.807, 2.05) is 13.8 Å². The maximum atomic E-state index is 11.6. The molecule has 1 N–H and O–H groups in total. The third-order valence-corrected chi connectivity index (χ3v) is 2.32. The zero-order valence-electron chi connectivity index (χ0n) is 10.9. The van der Waals surface area contributed by atoms with Crippen molar-refractivity contribution in [1.82, 2.24) is 0 Å². The molecular formula is C14H20O4. The van der Waals surface area contributed by atoms with E-state index in [9.17, 15) is 9.90 Å². The maximum Gasteiger partial charge on any atom is 0.338 e. The predicted octanol–water partition coefficient (Wildman–Crippen LogP) is 2.67. The number of ether oxygens (including phenoxy) is 2. The van der Waals surface area contributed by atoms with Gasteiger partial charge < -0.3 is 14.6 Å². The van der Waals surface area contributed by atoms with Crippen molar-refractivity contribution in [1.29, 1.82) is 0 Å². The van der Waals surface area contributed by atoms with Crippen LogP contribution >= 0.6 is 0 Å². The quantitative estimate of drug-likeness (QED) is 0.598. The highest BCUT2D eigenvalue weighted by molar-refractivity contribution is 5.89. The first-order valence-electron chi connectivity index (χ1n) is 6.25. The average Bonchev–Trinajstić information content (AvgIpc) is 2.42. The largest absolute Gasteiger partial charge is 0.462 e. The molecule has 1 aromatic carbocycles. The van der Waals surface area contributed by atoms with Gasteiger partial charge in [-0.3, -0.25) is 0 Å². The SMILES string of the molecule is CCCOC(=O)c1cccc(C(O)OCCC)c1. The fraction of sp³-hybridized carbons (Fsp3) is 0.500. The number of benzene rings is 1. The van der Waals surface area contributed by atoms with Crippen LogP contribution in [0.3, 0.4) is 0 Å². The van der Waals surface area contributed by atoms with Crippen molar-refractivity contribution in [2.24, 2.45) is 0 Å². The lowest BCUT2D eigenvalue weighted by Crippen LogP contribution is -2.08. The van der Waals surface area contributed by atoms with Crippen molar-refractivity contribution in [3.63, 3.8) is 0 Å². The standard InChI is InChI=1S/C14H20O4/c1-3-8-17-13(15)11-6-5-7-12(10-11)14(16)18-9-4-2/h5-7,10,13,15H,3-4,8-9H2,1-2H3. The molecule has 0 aliphatic rings. The van der Waals surface area contributed by atoms with Crippen molar-refractivity contribution < 1.29 is 19.4 Å². The van der Waals surface area contributed by atoms with Gasteiger partial charge in [0.2, 0.25) is 0 Å². The first-order chi connectivity index (χ1) is 8.69. The molecule has 0 aromatic heterocycles. The summed E-state index contributed by atoms with van der Waals surface area (Å²) < 4.78 is 10.2. The van der Waals surface area contributed by atoms with Crippen molar-refractivity contribution in [3.8, 4) is 0 Å². The lowest BCUT2D eigenvalue weighted by atomic mass is 10.1. The van der Waals surface area contributed by atoms with Crippen LogP contribution in [0.1, 0.15) is 48.9 Å². The van der Waals surface area contributed by atoms with E-state index in [1.54, 1.807) is 24.3 Å². The fourth-order valence-electron chi connectivity index (χ4n) is 1.42. The summed E-state index contributed by atoms with van der Waals surface area (Å²) >= 11 is 0. The van der Waals surface area contributed by atoms with Gasteiger partial charge in [0.1, 0.15) is 0 Å². The molecule has 1 rings (SSSR count). The zero-order chi connectivity index (χ0) is 13.4. The van der Waals surface area contributed by atoms with Crippen LogP contribution in [0.2, 0.25) is 0 Å². The van der Waals surface area contributed by atoms with E-state index >= 15 is 0 Å². The molecular weight excluding hydrogens is 232 g/mol. The summed E-state index contributed by atoms with van der Waals surface area (Å²) in [7, 11) is 0. The van der Waals surface area contributed by atoms with Crippen molar-refractivity contribution in [3.05, 3.63) is 35.4 Å². The zero-order valence-corrected chi connectivity index (χ0v) is 10.9. The molecule has 0 bridgehead atoms. The summed E-state index contributed by atoms with van der Waals surface area (Å²) in [6.07, 6.45) is 0.618. The van der Waals surface area contributed by atoms with Crippen LogP contribution in [0.25, 0.3) is 0 Å². The van der Waals surface area contributed by atoms with Gasteiger partial charge in [-0.25, -0.2) is 4.79 Å². The van der Waals surface area contributed by atoms with E-state index in [-0.39, 0.29) is 5.97 Å². The highest BCUT2D eigenvalue weighted by Gasteiger charge is 2.12. The summed E-state index contributed by atoms with van der Waals surface area (Å²) in [6.45, 7) is 4.78. The van der Waals surface area contributed by atoms with Gasteiger partial charge >= 0.3 is 5.97 Å². The van der Waals surface area contributed by atoms with Crippen LogP contribution in [0.4, 0.5) is 0 Å². The van der Waals surface area contributed by atoms with Gasteiger partial charge in [0, 0.05) is 12.2 Å². The monoisotopic (exact) mass is 252 g/mol. The Morgan fingerprint density at radius 3 is 2.67 bits per heavy atom. The van der Waals surface area contributed by atoms with E-state index < -0.39 is 6.29 Å². The number of hydrogen-bond acceptors (Lipinski definition) is 4. The number of aliphatic hydroxyl groups excluding tert-OH is 1. The number of carbonyl (C=O) groups excluding carboxylic acids is 1. The first kappa shape index (κ1) is 14.7. The molecule has 0 saturated carbocycles. The molecule has 1 aromatic rings. The smallest absolute Gasteiger partial charge is 0.338 e. The molecule has 4 heteroatoms. The van der Waals surface area contributed by atoms with Crippen molar-refractivity contribution >= 4 is 5.97 Å². The van der Waals surface area contributed by atoms with Gasteiger partial charge in [0.15, 0.2) is 6.29 Å². The van der Waals surface area contributed by atoms with Crippen LogP contribution in [0.5, 0.6) is 0 Å². The lowest BCUT2D eigenvalue weighted by molar-refractivity contribution is -0.102. The summed E-state index contributed by atoms with van der Waals surface area (Å²) in [5.74, 6) is -0.374. The normalized spacial score (nSPS) is 12.2. The molecule has 0 spiro atoms. The topological polar surface area (TPSA) is 55.8 Å². The Morgan fingerprint density at radius 1 is 1.28 bits per heavy atom. The molecule has 0 fully saturated rings.